The van der Waals surface area contributed by atoms with Crippen molar-refractivity contribution in [1.29, 1.82) is 0 Å². The maximum absolute atomic E-state index is 13.9. The van der Waals surface area contributed by atoms with Crippen LogP contribution in [0.5, 0.6) is 0 Å². The standard InChI is InChI=1S/C12H14BrClFNO3/c1-2-19-12(18)7-3-9(13)11(10(15)4-7)16-6-8(17)5-14/h3-4,8,16-17H,2,5-6H2,1H3. The number of esters is 1. The fourth-order valence-corrected chi connectivity index (χ4v) is 2.03. The van der Waals surface area contributed by atoms with Crippen molar-refractivity contribution in [3.05, 3.63) is 28.0 Å². The molecule has 0 aliphatic rings. The number of hydrogen-bond acceptors (Lipinski definition) is 4. The van der Waals surface area contributed by atoms with Crippen molar-refractivity contribution < 1.29 is 19.0 Å². The Morgan fingerprint density at radius 3 is 2.84 bits per heavy atom. The number of aliphatic hydroxyl groups excluding tert-OH is 1. The molecule has 1 aromatic carbocycles. The van der Waals surface area contributed by atoms with Gasteiger partial charge in [0.25, 0.3) is 0 Å². The summed E-state index contributed by atoms with van der Waals surface area (Å²) < 4.78 is 19.0. The van der Waals surface area contributed by atoms with Crippen molar-refractivity contribution in [3.8, 4) is 0 Å². The number of anilines is 1. The summed E-state index contributed by atoms with van der Waals surface area (Å²) in [6.45, 7) is 2.00. The summed E-state index contributed by atoms with van der Waals surface area (Å²) in [5, 5.41) is 12.0. The van der Waals surface area contributed by atoms with Gasteiger partial charge >= 0.3 is 5.97 Å². The summed E-state index contributed by atoms with van der Waals surface area (Å²) in [5.74, 6) is -1.15. The lowest BCUT2D eigenvalue weighted by atomic mass is 10.2. The molecule has 0 radical (unpaired) electrons. The summed E-state index contributed by atoms with van der Waals surface area (Å²) in [7, 11) is 0. The van der Waals surface area contributed by atoms with Crippen LogP contribution in [0.2, 0.25) is 0 Å². The highest BCUT2D eigenvalue weighted by molar-refractivity contribution is 9.10. The van der Waals surface area contributed by atoms with Crippen LogP contribution in [-0.2, 0) is 4.74 Å². The molecular weight excluding hydrogens is 340 g/mol. The van der Waals surface area contributed by atoms with Crippen LogP contribution in [0.1, 0.15) is 17.3 Å². The number of alkyl halides is 1. The Hall–Kier alpha value is -0.850. The molecule has 1 rings (SSSR count). The molecule has 1 unspecified atom stereocenters. The van der Waals surface area contributed by atoms with Crippen molar-refractivity contribution in [3.63, 3.8) is 0 Å². The first-order chi connectivity index (χ1) is 8.99. The van der Waals surface area contributed by atoms with Crippen molar-refractivity contribution >= 4 is 39.2 Å². The Morgan fingerprint density at radius 2 is 2.32 bits per heavy atom. The molecule has 0 aliphatic heterocycles. The number of carbonyl (C=O) groups is 1. The van der Waals surface area contributed by atoms with E-state index in [4.69, 9.17) is 16.3 Å². The van der Waals surface area contributed by atoms with Crippen molar-refractivity contribution in [2.75, 3.05) is 24.3 Å². The van der Waals surface area contributed by atoms with E-state index >= 15 is 0 Å². The molecule has 0 fully saturated rings. The van der Waals surface area contributed by atoms with Crippen LogP contribution in [0.25, 0.3) is 0 Å². The molecule has 0 heterocycles. The van der Waals surface area contributed by atoms with Gasteiger partial charge in [-0.3, -0.25) is 0 Å². The van der Waals surface area contributed by atoms with Gasteiger partial charge in [-0.15, -0.1) is 11.6 Å². The van der Waals surface area contributed by atoms with Crippen LogP contribution >= 0.6 is 27.5 Å². The first-order valence-corrected chi connectivity index (χ1v) is 6.96. The number of rotatable bonds is 6. The lowest BCUT2D eigenvalue weighted by Crippen LogP contribution is -2.21. The highest BCUT2D eigenvalue weighted by atomic mass is 79.9. The zero-order valence-corrected chi connectivity index (χ0v) is 12.6. The molecule has 0 saturated heterocycles. The number of carbonyl (C=O) groups excluding carboxylic acids is 1. The minimum atomic E-state index is -0.780. The first kappa shape index (κ1) is 16.2. The molecule has 0 saturated carbocycles. The van der Waals surface area contributed by atoms with Crippen molar-refractivity contribution in [1.82, 2.24) is 0 Å². The second-order valence-electron chi connectivity index (χ2n) is 3.72. The zero-order valence-electron chi connectivity index (χ0n) is 10.3. The molecule has 0 aliphatic carbocycles. The van der Waals surface area contributed by atoms with Crippen LogP contribution in [0, 0.1) is 5.82 Å². The predicted molar refractivity (Wildman–Crippen MR) is 75.3 cm³/mol. The Kier molecular flexibility index (Phi) is 6.54. The third-order valence-corrected chi connectivity index (χ3v) is 3.23. The molecule has 1 atom stereocenters. The Labute approximate surface area is 124 Å². The number of nitrogens with one attached hydrogen (secondary N) is 1. The van der Waals surface area contributed by atoms with Crippen molar-refractivity contribution in [2.45, 2.75) is 13.0 Å². The number of ether oxygens (including phenoxy) is 1. The summed E-state index contributed by atoms with van der Waals surface area (Å²) in [6.07, 6.45) is -0.780. The van der Waals surface area contributed by atoms with Gasteiger partial charge in [-0.05, 0) is 35.0 Å². The average Bonchev–Trinajstić information content (AvgIpc) is 2.37. The SMILES string of the molecule is CCOC(=O)c1cc(F)c(NCC(O)CCl)c(Br)c1. The van der Waals surface area contributed by atoms with Gasteiger partial charge in [-0.2, -0.15) is 0 Å². The first-order valence-electron chi connectivity index (χ1n) is 5.63. The van der Waals surface area contributed by atoms with Crippen LogP contribution in [0.15, 0.2) is 16.6 Å². The van der Waals surface area contributed by atoms with E-state index in [1.165, 1.54) is 6.07 Å². The third kappa shape index (κ3) is 4.63. The lowest BCUT2D eigenvalue weighted by Gasteiger charge is -2.13. The van der Waals surface area contributed by atoms with E-state index in [9.17, 15) is 14.3 Å². The number of benzene rings is 1. The fraction of sp³-hybridized carbons (Fsp3) is 0.417. The summed E-state index contributed by atoms with van der Waals surface area (Å²) >= 11 is 8.61. The van der Waals surface area contributed by atoms with Crippen molar-refractivity contribution in [2.24, 2.45) is 0 Å². The van der Waals surface area contributed by atoms with Gasteiger partial charge < -0.3 is 15.2 Å². The average molecular weight is 355 g/mol. The van der Waals surface area contributed by atoms with E-state index in [1.807, 2.05) is 0 Å². The Morgan fingerprint density at radius 1 is 1.63 bits per heavy atom. The van der Waals surface area contributed by atoms with E-state index < -0.39 is 17.9 Å². The molecule has 1 aromatic rings. The largest absolute Gasteiger partial charge is 0.462 e. The smallest absolute Gasteiger partial charge is 0.338 e. The summed E-state index contributed by atoms with van der Waals surface area (Å²) in [4.78, 5) is 11.5. The summed E-state index contributed by atoms with van der Waals surface area (Å²) in [5.41, 5.74) is 0.284. The van der Waals surface area contributed by atoms with Gasteiger partial charge in [0.05, 0.1) is 29.8 Å². The van der Waals surface area contributed by atoms with E-state index in [0.29, 0.717) is 4.47 Å². The van der Waals surface area contributed by atoms with E-state index in [1.54, 1.807) is 6.92 Å². The minimum Gasteiger partial charge on any atom is -0.462 e. The van der Waals surface area contributed by atoms with Crippen LogP contribution in [-0.4, -0.2) is 36.2 Å². The molecule has 4 nitrogen and oxygen atoms in total. The van der Waals surface area contributed by atoms with Gasteiger partial charge in [0.15, 0.2) is 0 Å². The maximum atomic E-state index is 13.9. The van der Waals surface area contributed by atoms with Gasteiger partial charge in [-0.25, -0.2) is 9.18 Å². The van der Waals surface area contributed by atoms with Crippen LogP contribution in [0.3, 0.4) is 0 Å². The monoisotopic (exact) mass is 353 g/mol. The Balaban J connectivity index is 2.88. The second-order valence-corrected chi connectivity index (χ2v) is 4.89. The molecule has 0 amide bonds. The summed E-state index contributed by atoms with van der Waals surface area (Å²) in [6, 6.07) is 2.54. The maximum Gasteiger partial charge on any atom is 0.338 e. The highest BCUT2D eigenvalue weighted by Gasteiger charge is 2.15. The predicted octanol–water partition coefficient (Wildman–Crippen LogP) is 2.78. The third-order valence-electron chi connectivity index (χ3n) is 2.25. The van der Waals surface area contributed by atoms with Gasteiger partial charge in [-0.1, -0.05) is 0 Å². The van der Waals surface area contributed by atoms with Crippen LogP contribution in [0.4, 0.5) is 10.1 Å². The molecule has 0 spiro atoms. The molecule has 7 heteroatoms. The molecule has 0 bridgehead atoms. The Bertz CT molecular complexity index is 436. The van der Waals surface area contributed by atoms with Gasteiger partial charge in [0, 0.05) is 11.0 Å². The van der Waals surface area contributed by atoms with E-state index in [2.05, 4.69) is 21.2 Å². The van der Waals surface area contributed by atoms with Gasteiger partial charge in [0.2, 0.25) is 0 Å². The highest BCUT2D eigenvalue weighted by Crippen LogP contribution is 2.27. The topological polar surface area (TPSA) is 58.6 Å². The molecular formula is C12H14BrClFNO3. The zero-order chi connectivity index (χ0) is 14.4. The van der Waals surface area contributed by atoms with E-state index in [0.717, 1.165) is 6.07 Å². The fourth-order valence-electron chi connectivity index (χ4n) is 1.35. The normalized spacial score (nSPS) is 12.1. The molecule has 0 aromatic heterocycles. The number of hydrogen-bond donors (Lipinski definition) is 2. The van der Waals surface area contributed by atoms with Gasteiger partial charge in [0.1, 0.15) is 5.82 Å². The minimum absolute atomic E-state index is 0.0488. The van der Waals surface area contributed by atoms with Crippen LogP contribution < -0.4 is 5.32 Å². The molecule has 106 valence electrons. The second kappa shape index (κ2) is 7.67. The lowest BCUT2D eigenvalue weighted by molar-refractivity contribution is 0.0525. The van der Waals surface area contributed by atoms with E-state index in [-0.39, 0.29) is 30.3 Å². The number of halogens is 3. The molecule has 2 N–H and O–H groups in total. The molecule has 19 heavy (non-hydrogen) atoms. The number of aliphatic hydroxyl groups is 1. The quantitative estimate of drug-likeness (QED) is 0.609.